The van der Waals surface area contributed by atoms with Crippen LogP contribution in [0.25, 0.3) is 10.8 Å². The van der Waals surface area contributed by atoms with E-state index in [-0.39, 0.29) is 11.1 Å². The quantitative estimate of drug-likeness (QED) is 0.217. The normalized spacial score (nSPS) is 13.5. The summed E-state index contributed by atoms with van der Waals surface area (Å²) in [7, 11) is -6.79. The molecule has 0 aliphatic rings. The molecule has 30 heavy (non-hydrogen) atoms. The molecular weight excluding hydrogens is 443 g/mol. The van der Waals surface area contributed by atoms with Gasteiger partial charge in [0.25, 0.3) is 6.10 Å². The molecule has 0 aliphatic heterocycles. The summed E-state index contributed by atoms with van der Waals surface area (Å²) in [4.78, 5) is 23.1. The molecule has 0 saturated heterocycles. The Kier molecular flexibility index (Phi) is 6.18. The summed E-state index contributed by atoms with van der Waals surface area (Å²) in [5, 5.41) is -5.38. The van der Waals surface area contributed by atoms with Crippen molar-refractivity contribution in [1.29, 1.82) is 0 Å². The van der Waals surface area contributed by atoms with Crippen LogP contribution in [0, 0.1) is 0 Å². The summed E-state index contributed by atoms with van der Waals surface area (Å²) in [6.07, 6.45) is -9.65. The van der Waals surface area contributed by atoms with Crippen molar-refractivity contribution in [2.75, 3.05) is 0 Å². The van der Waals surface area contributed by atoms with Crippen molar-refractivity contribution in [3.8, 4) is 5.75 Å². The van der Waals surface area contributed by atoms with Crippen LogP contribution in [0.2, 0.25) is 0 Å². The number of hydrogen-bond acceptors (Lipinski definition) is 7. The standard InChI is InChI=1S/C17H11F5O7S/c1-2-13(23)28-12-6-5-9-7-11(4-3-10(9)8-12)14(24)29-15(16(18,19)20)17(21,22)30(25,26)27/h2-8,15H,1H2,(H,25,26,27)/p-1. The second-order valence-corrected chi connectivity index (χ2v) is 7.14. The highest BCUT2D eigenvalue weighted by Crippen LogP contribution is 2.38. The molecule has 2 rings (SSSR count). The third kappa shape index (κ3) is 4.91. The van der Waals surface area contributed by atoms with Gasteiger partial charge in [0.2, 0.25) is 0 Å². The van der Waals surface area contributed by atoms with Gasteiger partial charge in [0.15, 0.2) is 10.1 Å². The number of carbonyl (C=O) groups excluding carboxylic acids is 2. The highest BCUT2D eigenvalue weighted by atomic mass is 32.2. The molecule has 0 aromatic heterocycles. The van der Waals surface area contributed by atoms with Crippen LogP contribution in [-0.2, 0) is 19.6 Å². The number of ether oxygens (including phenoxy) is 2. The predicted molar refractivity (Wildman–Crippen MR) is 89.7 cm³/mol. The summed E-state index contributed by atoms with van der Waals surface area (Å²) in [6, 6.07) is 6.96. The average molecular weight is 453 g/mol. The smallest absolute Gasteiger partial charge is 0.432 e. The second-order valence-electron chi connectivity index (χ2n) is 5.69. The fourth-order valence-corrected chi connectivity index (χ4v) is 2.65. The third-order valence-corrected chi connectivity index (χ3v) is 4.47. The van der Waals surface area contributed by atoms with E-state index >= 15 is 0 Å². The van der Waals surface area contributed by atoms with Crippen LogP contribution in [0.1, 0.15) is 10.4 Å². The topological polar surface area (TPSA) is 110 Å². The number of rotatable bonds is 6. The van der Waals surface area contributed by atoms with E-state index in [1.807, 2.05) is 0 Å². The molecule has 0 fully saturated rings. The van der Waals surface area contributed by atoms with Gasteiger partial charge in [-0.1, -0.05) is 18.7 Å². The van der Waals surface area contributed by atoms with E-state index in [1.165, 1.54) is 24.3 Å². The highest BCUT2D eigenvalue weighted by molar-refractivity contribution is 7.86. The van der Waals surface area contributed by atoms with Crippen molar-refractivity contribution >= 4 is 32.8 Å². The Morgan fingerprint density at radius 2 is 1.60 bits per heavy atom. The third-order valence-electron chi connectivity index (χ3n) is 3.59. The number of halogens is 5. The maximum Gasteiger partial charge on any atom is 0.432 e. The second kappa shape index (κ2) is 7.99. The van der Waals surface area contributed by atoms with E-state index in [1.54, 1.807) is 0 Å². The first-order valence-corrected chi connectivity index (χ1v) is 9.06. The molecule has 0 N–H and O–H groups in total. The van der Waals surface area contributed by atoms with Crippen LogP contribution in [0.3, 0.4) is 0 Å². The summed E-state index contributed by atoms with van der Waals surface area (Å²) in [5.41, 5.74) is -0.633. The van der Waals surface area contributed by atoms with E-state index in [9.17, 15) is 44.5 Å². The lowest BCUT2D eigenvalue weighted by atomic mass is 10.1. The minimum atomic E-state index is -6.79. The number of hydrogen-bond donors (Lipinski definition) is 0. The van der Waals surface area contributed by atoms with Gasteiger partial charge in [-0.25, -0.2) is 18.0 Å². The van der Waals surface area contributed by atoms with Crippen molar-refractivity contribution < 1.29 is 54.0 Å². The Bertz CT molecular complexity index is 1110. The minimum Gasteiger partial charge on any atom is -0.743 e. The molecule has 2 aromatic carbocycles. The molecule has 2 aromatic rings. The summed E-state index contributed by atoms with van der Waals surface area (Å²) < 4.78 is 106. The molecule has 7 nitrogen and oxygen atoms in total. The van der Waals surface area contributed by atoms with Gasteiger partial charge in [0.1, 0.15) is 5.75 Å². The number of fused-ring (bicyclic) bond motifs is 1. The van der Waals surface area contributed by atoms with Gasteiger partial charge in [0.05, 0.1) is 5.56 Å². The first kappa shape index (κ1) is 23.2. The minimum absolute atomic E-state index is 0.0835. The van der Waals surface area contributed by atoms with E-state index in [0.717, 1.165) is 18.2 Å². The lowest BCUT2D eigenvalue weighted by Gasteiger charge is -2.29. The first-order valence-electron chi connectivity index (χ1n) is 7.66. The van der Waals surface area contributed by atoms with Gasteiger partial charge in [0, 0.05) is 6.08 Å². The number of benzene rings is 2. The van der Waals surface area contributed by atoms with Crippen LogP contribution in [0.15, 0.2) is 49.1 Å². The maximum atomic E-state index is 13.5. The summed E-state index contributed by atoms with van der Waals surface area (Å²) in [5.74, 6) is -2.62. The molecule has 0 spiro atoms. The predicted octanol–water partition coefficient (Wildman–Crippen LogP) is 3.16. The molecule has 1 atom stereocenters. The van der Waals surface area contributed by atoms with Crippen LogP contribution in [-0.4, -0.2) is 42.4 Å². The largest absolute Gasteiger partial charge is 0.743 e. The molecule has 0 bridgehead atoms. The Labute approximate surface area is 165 Å². The van der Waals surface area contributed by atoms with Crippen LogP contribution >= 0.6 is 0 Å². The molecule has 0 aliphatic carbocycles. The zero-order valence-electron chi connectivity index (χ0n) is 14.5. The monoisotopic (exact) mass is 453 g/mol. The fraction of sp³-hybridized carbons (Fsp3) is 0.176. The Morgan fingerprint density at radius 1 is 1.03 bits per heavy atom. The van der Waals surface area contributed by atoms with Crippen molar-refractivity contribution in [1.82, 2.24) is 0 Å². The molecule has 0 amide bonds. The van der Waals surface area contributed by atoms with Gasteiger partial charge < -0.3 is 14.0 Å². The summed E-state index contributed by atoms with van der Waals surface area (Å²) in [6.45, 7) is 3.21. The van der Waals surface area contributed by atoms with Crippen molar-refractivity contribution in [2.24, 2.45) is 0 Å². The van der Waals surface area contributed by atoms with Crippen LogP contribution in [0.4, 0.5) is 22.0 Å². The number of alkyl halides is 5. The molecule has 162 valence electrons. The van der Waals surface area contributed by atoms with Crippen LogP contribution < -0.4 is 4.74 Å². The van der Waals surface area contributed by atoms with Crippen molar-refractivity contribution in [3.05, 3.63) is 54.6 Å². The zero-order valence-corrected chi connectivity index (χ0v) is 15.3. The Hall–Kier alpha value is -3.06. The molecule has 1 unspecified atom stereocenters. The summed E-state index contributed by atoms with van der Waals surface area (Å²) >= 11 is 0. The van der Waals surface area contributed by atoms with E-state index < -0.39 is 45.2 Å². The van der Waals surface area contributed by atoms with E-state index in [4.69, 9.17) is 4.74 Å². The zero-order chi connectivity index (χ0) is 22.9. The van der Waals surface area contributed by atoms with Crippen LogP contribution in [0.5, 0.6) is 5.75 Å². The van der Waals surface area contributed by atoms with E-state index in [0.29, 0.717) is 5.39 Å². The van der Waals surface area contributed by atoms with Crippen molar-refractivity contribution in [2.45, 2.75) is 17.5 Å². The molecule has 0 radical (unpaired) electrons. The number of carbonyl (C=O) groups is 2. The van der Waals surface area contributed by atoms with E-state index in [2.05, 4.69) is 11.3 Å². The van der Waals surface area contributed by atoms with Gasteiger partial charge in [-0.2, -0.15) is 22.0 Å². The van der Waals surface area contributed by atoms with Gasteiger partial charge in [-0.05, 0) is 35.0 Å². The van der Waals surface area contributed by atoms with Gasteiger partial charge in [-0.15, -0.1) is 0 Å². The first-order chi connectivity index (χ1) is 13.7. The molecule has 0 saturated carbocycles. The Morgan fingerprint density at radius 3 is 2.13 bits per heavy atom. The number of esters is 2. The lowest BCUT2D eigenvalue weighted by molar-refractivity contribution is -0.248. The molecule has 13 heteroatoms. The van der Waals surface area contributed by atoms with Gasteiger partial charge in [-0.3, -0.25) is 0 Å². The Balaban J connectivity index is 2.36. The SMILES string of the molecule is C=CC(=O)Oc1ccc2cc(C(=O)OC(C(F)(F)F)C(F)(F)S(=O)(=O)[O-])ccc2c1. The van der Waals surface area contributed by atoms with Crippen molar-refractivity contribution in [3.63, 3.8) is 0 Å². The fourth-order valence-electron chi connectivity index (χ4n) is 2.20. The molecular formula is C17H10F5O7S-. The van der Waals surface area contributed by atoms with Gasteiger partial charge >= 0.3 is 23.4 Å². The maximum absolute atomic E-state index is 13.5. The lowest BCUT2D eigenvalue weighted by Crippen LogP contribution is -2.52. The average Bonchev–Trinajstić information content (AvgIpc) is 2.63. The highest BCUT2D eigenvalue weighted by Gasteiger charge is 2.63. The molecule has 0 heterocycles.